The first-order valence-corrected chi connectivity index (χ1v) is 13.9. The number of halogens is 1. The highest BCUT2D eigenvalue weighted by Gasteiger charge is 2.32. The summed E-state index contributed by atoms with van der Waals surface area (Å²) < 4.78 is 26.6. The number of aliphatic imine (C=N–C) groups is 1. The number of fused-ring (bicyclic) bond motifs is 1. The molecule has 0 bridgehead atoms. The third-order valence-corrected chi connectivity index (χ3v) is 6.76. The molecule has 0 fully saturated rings. The normalized spacial score (nSPS) is 17.6. The van der Waals surface area contributed by atoms with E-state index < -0.39 is 5.60 Å². The van der Waals surface area contributed by atoms with Crippen LogP contribution < -0.4 is 4.74 Å². The summed E-state index contributed by atoms with van der Waals surface area (Å²) in [5.74, 6) is 0.659. The zero-order valence-electron chi connectivity index (χ0n) is 21.9. The van der Waals surface area contributed by atoms with E-state index in [1.165, 1.54) is 57.8 Å². The number of benzene rings is 2. The van der Waals surface area contributed by atoms with E-state index in [2.05, 4.69) is 43.1 Å². The number of hydrogen-bond acceptors (Lipinski definition) is 3. The Morgan fingerprint density at radius 2 is 1.40 bits per heavy atom. The van der Waals surface area contributed by atoms with Gasteiger partial charge in [0.15, 0.2) is 0 Å². The Morgan fingerprint density at radius 1 is 0.771 bits per heavy atom. The van der Waals surface area contributed by atoms with Gasteiger partial charge >= 0.3 is 0 Å². The average Bonchev–Trinajstić information content (AvgIpc) is 2.87. The quantitative estimate of drug-likeness (QED) is 0.211. The first-order valence-electron chi connectivity index (χ1n) is 13.9. The molecular formula is C31H44FNO2. The lowest BCUT2D eigenvalue weighted by Crippen LogP contribution is -2.32. The molecule has 35 heavy (non-hydrogen) atoms. The van der Waals surface area contributed by atoms with Crippen LogP contribution in [0.5, 0.6) is 5.75 Å². The van der Waals surface area contributed by atoms with Crippen molar-refractivity contribution in [3.63, 3.8) is 0 Å². The van der Waals surface area contributed by atoms with E-state index in [9.17, 15) is 4.39 Å². The van der Waals surface area contributed by atoms with Crippen LogP contribution in [-0.4, -0.2) is 26.0 Å². The average molecular weight is 482 g/mol. The monoisotopic (exact) mass is 481 g/mol. The largest absolute Gasteiger partial charge is 0.494 e. The van der Waals surface area contributed by atoms with Gasteiger partial charge in [0.25, 0.3) is 0 Å². The van der Waals surface area contributed by atoms with Crippen molar-refractivity contribution in [2.75, 3.05) is 19.8 Å². The molecular weight excluding hydrogens is 437 g/mol. The van der Waals surface area contributed by atoms with E-state index in [4.69, 9.17) is 9.47 Å². The molecule has 0 radical (unpaired) electrons. The fourth-order valence-electron chi connectivity index (χ4n) is 4.66. The lowest BCUT2D eigenvalue weighted by Gasteiger charge is -2.30. The summed E-state index contributed by atoms with van der Waals surface area (Å²) in [5, 5.41) is 2.20. The number of ether oxygens (including phenoxy) is 2. The van der Waals surface area contributed by atoms with Gasteiger partial charge in [0.2, 0.25) is 0 Å². The smallest absolute Gasteiger partial charge is 0.149 e. The van der Waals surface area contributed by atoms with Crippen LogP contribution in [0.2, 0.25) is 0 Å². The molecule has 0 amide bonds. The summed E-state index contributed by atoms with van der Waals surface area (Å²) >= 11 is 0. The third-order valence-electron chi connectivity index (χ3n) is 6.76. The minimum atomic E-state index is -0.938. The maximum absolute atomic E-state index is 14.3. The summed E-state index contributed by atoms with van der Waals surface area (Å²) in [5.41, 5.74) is -0.0253. The van der Waals surface area contributed by atoms with Gasteiger partial charge in [-0.15, -0.1) is 0 Å². The first-order chi connectivity index (χ1) is 17.2. The molecule has 1 unspecified atom stereocenters. The van der Waals surface area contributed by atoms with Crippen LogP contribution >= 0.6 is 0 Å². The van der Waals surface area contributed by atoms with Gasteiger partial charge in [-0.05, 0) is 53.5 Å². The Balaban J connectivity index is 1.61. The third kappa shape index (κ3) is 8.75. The number of unbranched alkanes of at least 4 members (excludes halogenated alkanes) is 10. The Morgan fingerprint density at radius 3 is 2.11 bits per heavy atom. The van der Waals surface area contributed by atoms with Crippen molar-refractivity contribution in [1.29, 1.82) is 0 Å². The lowest BCUT2D eigenvalue weighted by atomic mass is 9.90. The summed E-state index contributed by atoms with van der Waals surface area (Å²) in [4.78, 5) is 4.27. The molecule has 4 heteroatoms. The van der Waals surface area contributed by atoms with Gasteiger partial charge < -0.3 is 9.47 Å². The molecule has 2 aromatic carbocycles. The molecule has 3 rings (SSSR count). The van der Waals surface area contributed by atoms with Crippen molar-refractivity contribution in [3.05, 3.63) is 53.9 Å². The Bertz CT molecular complexity index is 954. The van der Waals surface area contributed by atoms with Gasteiger partial charge in [-0.25, -0.2) is 4.39 Å². The highest BCUT2D eigenvalue weighted by atomic mass is 19.1. The second kappa shape index (κ2) is 15.0. The summed E-state index contributed by atoms with van der Waals surface area (Å²) in [7, 11) is 0. The van der Waals surface area contributed by atoms with Gasteiger partial charge in [-0.2, -0.15) is 0 Å². The maximum atomic E-state index is 14.3. The van der Waals surface area contributed by atoms with Crippen LogP contribution in [-0.2, 0) is 10.3 Å². The topological polar surface area (TPSA) is 30.8 Å². The SMILES string of the molecule is CCCCCCCCOc1ccc2cc(C3(OCCCCCCCC)C=NCC(F)=C3)ccc2c1. The van der Waals surface area contributed by atoms with Crippen LogP contribution in [0, 0.1) is 0 Å². The van der Waals surface area contributed by atoms with E-state index in [-0.39, 0.29) is 12.4 Å². The molecule has 0 saturated carbocycles. The first kappa shape index (κ1) is 27.4. The molecule has 0 saturated heterocycles. The highest BCUT2D eigenvalue weighted by molar-refractivity contribution is 5.87. The molecule has 192 valence electrons. The highest BCUT2D eigenvalue weighted by Crippen LogP contribution is 2.33. The van der Waals surface area contributed by atoms with Crippen molar-refractivity contribution in [2.24, 2.45) is 4.99 Å². The Hall–Kier alpha value is -2.20. The molecule has 1 aliphatic heterocycles. The van der Waals surface area contributed by atoms with E-state index in [0.717, 1.165) is 48.0 Å². The minimum absolute atomic E-state index is 0.0923. The number of nitrogens with zero attached hydrogens (tertiary/aromatic N) is 1. The van der Waals surface area contributed by atoms with Crippen molar-refractivity contribution >= 4 is 17.0 Å². The lowest BCUT2D eigenvalue weighted by molar-refractivity contribution is 0.0382. The standard InChI is InChI=1S/C31H44FNO2/c1-3-5-7-9-11-13-19-34-30-18-16-26-21-28(17-15-27(26)22-30)31(23-29(32)24-33-25-31)35-20-14-12-10-8-6-4-2/h15-18,21-23,25H,3-14,19-20,24H2,1-2H3. The van der Waals surface area contributed by atoms with Crippen molar-refractivity contribution in [3.8, 4) is 5.75 Å². The fraction of sp³-hybridized carbons (Fsp3) is 0.581. The summed E-state index contributed by atoms with van der Waals surface area (Å²) in [6.07, 6.45) is 18.0. The minimum Gasteiger partial charge on any atom is -0.494 e. The molecule has 0 N–H and O–H groups in total. The van der Waals surface area contributed by atoms with Gasteiger partial charge in [-0.1, -0.05) is 96.3 Å². The van der Waals surface area contributed by atoms with Crippen LogP contribution in [0.15, 0.2) is 53.3 Å². The maximum Gasteiger partial charge on any atom is 0.149 e. The van der Waals surface area contributed by atoms with E-state index >= 15 is 0 Å². The molecule has 0 spiro atoms. The van der Waals surface area contributed by atoms with E-state index in [1.54, 1.807) is 12.3 Å². The predicted molar refractivity (Wildman–Crippen MR) is 146 cm³/mol. The van der Waals surface area contributed by atoms with E-state index in [0.29, 0.717) is 6.61 Å². The fourth-order valence-corrected chi connectivity index (χ4v) is 4.66. The second-order valence-corrected chi connectivity index (χ2v) is 9.81. The number of rotatable bonds is 17. The van der Waals surface area contributed by atoms with Crippen LogP contribution in [0.4, 0.5) is 4.39 Å². The zero-order chi connectivity index (χ0) is 24.8. The molecule has 2 aromatic rings. The van der Waals surface area contributed by atoms with Crippen molar-refractivity contribution in [1.82, 2.24) is 0 Å². The molecule has 3 nitrogen and oxygen atoms in total. The van der Waals surface area contributed by atoms with Gasteiger partial charge in [-0.3, -0.25) is 4.99 Å². The van der Waals surface area contributed by atoms with Gasteiger partial charge in [0.05, 0.1) is 13.2 Å². The van der Waals surface area contributed by atoms with Gasteiger partial charge in [0.1, 0.15) is 17.2 Å². The van der Waals surface area contributed by atoms with Crippen molar-refractivity contribution < 1.29 is 13.9 Å². The summed E-state index contributed by atoms with van der Waals surface area (Å²) in [6, 6.07) is 12.4. The molecule has 1 heterocycles. The second-order valence-electron chi connectivity index (χ2n) is 9.81. The zero-order valence-corrected chi connectivity index (χ0v) is 21.9. The van der Waals surface area contributed by atoms with Crippen LogP contribution in [0.3, 0.4) is 0 Å². The molecule has 1 atom stereocenters. The predicted octanol–water partition coefficient (Wildman–Crippen LogP) is 9.09. The molecule has 0 aromatic heterocycles. The number of dihydropyridines is 1. The van der Waals surface area contributed by atoms with Crippen LogP contribution in [0.1, 0.15) is 96.5 Å². The Kier molecular flexibility index (Phi) is 11.8. The van der Waals surface area contributed by atoms with Crippen molar-refractivity contribution in [2.45, 2.75) is 96.5 Å². The summed E-state index contributed by atoms with van der Waals surface area (Å²) in [6.45, 7) is 5.91. The van der Waals surface area contributed by atoms with Crippen LogP contribution in [0.25, 0.3) is 10.8 Å². The van der Waals surface area contributed by atoms with E-state index in [1.807, 2.05) is 12.1 Å². The van der Waals surface area contributed by atoms with Gasteiger partial charge in [0, 0.05) is 12.8 Å². The Labute approximate surface area is 211 Å². The molecule has 1 aliphatic rings. The number of hydrogen-bond donors (Lipinski definition) is 0. The molecule has 0 aliphatic carbocycles.